The molecule has 2 heterocycles. The standard InChI is InChI=1S/C18H32N2O/c1-13-11-20(12-14(2)21-13)17-5-7-19(8-6-17)18-10-15-3-4-16(18)9-15/h13-18H,3-12H2,1-2H3/t13-,14+,15-,16-,18+/m0/s1. The molecule has 2 bridgehead atoms. The lowest BCUT2D eigenvalue weighted by atomic mass is 9.91. The number of morpholine rings is 1. The van der Waals surface area contributed by atoms with Gasteiger partial charge >= 0.3 is 0 Å². The van der Waals surface area contributed by atoms with Gasteiger partial charge in [-0.3, -0.25) is 9.80 Å². The Morgan fingerprint density at radius 3 is 2.10 bits per heavy atom. The maximum Gasteiger partial charge on any atom is 0.0678 e. The molecule has 0 unspecified atom stereocenters. The molecule has 21 heavy (non-hydrogen) atoms. The van der Waals surface area contributed by atoms with Crippen LogP contribution in [0.15, 0.2) is 0 Å². The van der Waals surface area contributed by atoms with Gasteiger partial charge in [0.15, 0.2) is 0 Å². The Morgan fingerprint density at radius 2 is 1.52 bits per heavy atom. The summed E-state index contributed by atoms with van der Waals surface area (Å²) >= 11 is 0. The predicted molar refractivity (Wildman–Crippen MR) is 85.4 cm³/mol. The third-order valence-electron chi connectivity index (χ3n) is 6.63. The molecule has 2 saturated carbocycles. The van der Waals surface area contributed by atoms with E-state index >= 15 is 0 Å². The molecule has 0 aromatic carbocycles. The van der Waals surface area contributed by atoms with Crippen LogP contribution in [-0.4, -0.2) is 60.3 Å². The summed E-state index contributed by atoms with van der Waals surface area (Å²) in [5, 5.41) is 0. The van der Waals surface area contributed by atoms with Crippen LogP contribution in [0, 0.1) is 11.8 Å². The summed E-state index contributed by atoms with van der Waals surface area (Å²) in [6.45, 7) is 9.43. The fourth-order valence-corrected chi connectivity index (χ4v) is 5.76. The molecule has 5 atom stereocenters. The zero-order chi connectivity index (χ0) is 14.4. The first-order chi connectivity index (χ1) is 10.2. The van der Waals surface area contributed by atoms with Gasteiger partial charge in [0.2, 0.25) is 0 Å². The first kappa shape index (κ1) is 14.5. The molecule has 0 aromatic heterocycles. The Labute approximate surface area is 130 Å². The highest BCUT2D eigenvalue weighted by Gasteiger charge is 2.43. The number of nitrogens with zero attached hydrogens (tertiary/aromatic N) is 2. The molecular formula is C18H32N2O. The SMILES string of the molecule is C[C@@H]1CN(C2CCN([C@@H]3C[C@H]4CC[C@H]3C4)CC2)C[C@H](C)O1. The van der Waals surface area contributed by atoms with E-state index in [2.05, 4.69) is 23.6 Å². The van der Waals surface area contributed by atoms with E-state index in [4.69, 9.17) is 4.74 Å². The molecular weight excluding hydrogens is 260 g/mol. The third-order valence-corrected chi connectivity index (χ3v) is 6.63. The van der Waals surface area contributed by atoms with Gasteiger partial charge in [0, 0.05) is 25.2 Å². The van der Waals surface area contributed by atoms with Crippen LogP contribution in [0.1, 0.15) is 52.4 Å². The average molecular weight is 292 g/mol. The molecule has 0 spiro atoms. The Morgan fingerprint density at radius 1 is 0.810 bits per heavy atom. The molecule has 0 aromatic rings. The lowest BCUT2D eigenvalue weighted by molar-refractivity contribution is -0.0879. The Hall–Kier alpha value is -0.120. The van der Waals surface area contributed by atoms with Crippen molar-refractivity contribution < 1.29 is 4.74 Å². The lowest BCUT2D eigenvalue weighted by Gasteiger charge is -2.45. The maximum absolute atomic E-state index is 5.89. The van der Waals surface area contributed by atoms with E-state index in [0.717, 1.165) is 37.0 Å². The van der Waals surface area contributed by atoms with E-state index in [-0.39, 0.29) is 0 Å². The molecule has 4 fully saturated rings. The molecule has 2 aliphatic carbocycles. The van der Waals surface area contributed by atoms with Crippen molar-refractivity contribution in [3.8, 4) is 0 Å². The molecule has 0 amide bonds. The van der Waals surface area contributed by atoms with Gasteiger partial charge < -0.3 is 4.74 Å². The maximum atomic E-state index is 5.89. The zero-order valence-corrected chi connectivity index (χ0v) is 13.8. The molecule has 4 rings (SSSR count). The van der Waals surface area contributed by atoms with Gasteiger partial charge in [0.05, 0.1) is 12.2 Å². The second-order valence-electron chi connectivity index (χ2n) is 8.22. The van der Waals surface area contributed by atoms with Gasteiger partial charge in [-0.2, -0.15) is 0 Å². The summed E-state index contributed by atoms with van der Waals surface area (Å²) in [5.74, 6) is 2.13. The predicted octanol–water partition coefficient (Wildman–Crippen LogP) is 2.75. The highest BCUT2D eigenvalue weighted by molar-refractivity contribution is 4.97. The largest absolute Gasteiger partial charge is 0.373 e. The average Bonchev–Trinajstić information content (AvgIpc) is 3.09. The number of piperidine rings is 1. The summed E-state index contributed by atoms with van der Waals surface area (Å²) in [4.78, 5) is 5.57. The fraction of sp³-hybridized carbons (Fsp3) is 1.00. The zero-order valence-electron chi connectivity index (χ0n) is 13.8. The first-order valence-electron chi connectivity index (χ1n) is 9.32. The van der Waals surface area contributed by atoms with Crippen LogP contribution >= 0.6 is 0 Å². The molecule has 120 valence electrons. The van der Waals surface area contributed by atoms with Crippen LogP contribution in [0.25, 0.3) is 0 Å². The van der Waals surface area contributed by atoms with E-state index in [9.17, 15) is 0 Å². The van der Waals surface area contributed by atoms with Crippen molar-refractivity contribution in [2.75, 3.05) is 26.2 Å². The summed E-state index contributed by atoms with van der Waals surface area (Å²) in [6, 6.07) is 1.76. The van der Waals surface area contributed by atoms with E-state index < -0.39 is 0 Å². The highest BCUT2D eigenvalue weighted by Crippen LogP contribution is 2.47. The smallest absolute Gasteiger partial charge is 0.0678 e. The minimum absolute atomic E-state index is 0.414. The van der Waals surface area contributed by atoms with Crippen molar-refractivity contribution in [1.82, 2.24) is 9.80 Å². The molecule has 2 aliphatic heterocycles. The van der Waals surface area contributed by atoms with Crippen LogP contribution in [-0.2, 0) is 4.74 Å². The van der Waals surface area contributed by atoms with Gasteiger partial charge in [-0.05, 0) is 70.9 Å². The lowest BCUT2D eigenvalue weighted by Crippen LogP contribution is -2.54. The van der Waals surface area contributed by atoms with Crippen molar-refractivity contribution in [1.29, 1.82) is 0 Å². The third kappa shape index (κ3) is 2.89. The Bertz CT molecular complexity index is 356. The second kappa shape index (κ2) is 5.82. The number of likely N-dealkylation sites (tertiary alicyclic amines) is 1. The van der Waals surface area contributed by atoms with E-state index in [1.807, 2.05) is 0 Å². The van der Waals surface area contributed by atoms with Gasteiger partial charge in [0.25, 0.3) is 0 Å². The van der Waals surface area contributed by atoms with Crippen molar-refractivity contribution in [2.24, 2.45) is 11.8 Å². The fourth-order valence-electron chi connectivity index (χ4n) is 5.76. The van der Waals surface area contributed by atoms with Crippen LogP contribution in [0.4, 0.5) is 0 Å². The van der Waals surface area contributed by atoms with Crippen LogP contribution in [0.3, 0.4) is 0 Å². The van der Waals surface area contributed by atoms with E-state index in [1.54, 1.807) is 6.42 Å². The topological polar surface area (TPSA) is 15.7 Å². The first-order valence-corrected chi connectivity index (χ1v) is 9.32. The van der Waals surface area contributed by atoms with Gasteiger partial charge in [-0.15, -0.1) is 0 Å². The van der Waals surface area contributed by atoms with Crippen LogP contribution in [0.5, 0.6) is 0 Å². The van der Waals surface area contributed by atoms with Gasteiger partial charge in [-0.1, -0.05) is 6.42 Å². The Kier molecular flexibility index (Phi) is 4.01. The minimum Gasteiger partial charge on any atom is -0.373 e. The molecule has 3 heteroatoms. The van der Waals surface area contributed by atoms with E-state index in [1.165, 1.54) is 45.2 Å². The number of hydrogen-bond acceptors (Lipinski definition) is 3. The second-order valence-corrected chi connectivity index (χ2v) is 8.22. The summed E-state index contributed by atoms with van der Waals surface area (Å²) in [5.41, 5.74) is 0. The number of fused-ring (bicyclic) bond motifs is 2. The minimum atomic E-state index is 0.414. The monoisotopic (exact) mass is 292 g/mol. The molecule has 2 saturated heterocycles. The summed E-state index contributed by atoms with van der Waals surface area (Å²) in [6.07, 6.45) is 9.70. The van der Waals surface area contributed by atoms with Crippen LogP contribution in [0.2, 0.25) is 0 Å². The van der Waals surface area contributed by atoms with E-state index in [0.29, 0.717) is 12.2 Å². The number of hydrogen-bond donors (Lipinski definition) is 0. The normalized spacial score (nSPS) is 46.3. The molecule has 0 N–H and O–H groups in total. The molecule has 4 aliphatic rings. The number of rotatable bonds is 2. The highest BCUT2D eigenvalue weighted by atomic mass is 16.5. The van der Waals surface area contributed by atoms with Gasteiger partial charge in [-0.25, -0.2) is 0 Å². The van der Waals surface area contributed by atoms with Gasteiger partial charge in [0.1, 0.15) is 0 Å². The van der Waals surface area contributed by atoms with Crippen molar-refractivity contribution in [3.05, 3.63) is 0 Å². The molecule has 3 nitrogen and oxygen atoms in total. The van der Waals surface area contributed by atoms with Crippen molar-refractivity contribution in [2.45, 2.75) is 76.7 Å². The summed E-state index contributed by atoms with van der Waals surface area (Å²) < 4.78 is 5.89. The Balaban J connectivity index is 1.30. The number of ether oxygens (including phenoxy) is 1. The molecule has 0 radical (unpaired) electrons. The quantitative estimate of drug-likeness (QED) is 0.778. The van der Waals surface area contributed by atoms with Crippen molar-refractivity contribution >= 4 is 0 Å². The summed E-state index contributed by atoms with van der Waals surface area (Å²) in [7, 11) is 0. The van der Waals surface area contributed by atoms with Crippen molar-refractivity contribution in [3.63, 3.8) is 0 Å². The van der Waals surface area contributed by atoms with Crippen LogP contribution < -0.4 is 0 Å².